The molecule has 2 atom stereocenters. The molecule has 0 bridgehead atoms. The molecule has 2 unspecified atom stereocenters. The number of pyridine rings is 1. The molecule has 1 aliphatic heterocycles. The minimum atomic E-state index is -0.467. The molecule has 1 fully saturated rings. The molecule has 2 rings (SSSR count). The van der Waals surface area contributed by atoms with Crippen molar-refractivity contribution >= 4 is 11.5 Å². The first-order chi connectivity index (χ1) is 8.72. The number of hydrogen-bond acceptors (Lipinski definition) is 5. The lowest BCUT2D eigenvalue weighted by Gasteiger charge is -2.17. The largest absolute Gasteiger partial charge is 0.386 e. The highest BCUT2D eigenvalue weighted by molar-refractivity contribution is 5.56. The lowest BCUT2D eigenvalue weighted by Crippen LogP contribution is -2.23. The molecule has 2 heterocycles. The molecule has 0 saturated carbocycles. The molecule has 6 nitrogen and oxygen atoms in total. The van der Waals surface area contributed by atoms with Crippen LogP contribution in [0.5, 0.6) is 0 Å². The molecule has 1 aliphatic rings. The number of rotatable bonds is 5. The molecule has 1 aromatic heterocycles. The lowest BCUT2D eigenvalue weighted by molar-refractivity contribution is -0.388. The Morgan fingerprint density at radius 1 is 1.67 bits per heavy atom. The molecule has 0 radical (unpaired) electrons. The van der Waals surface area contributed by atoms with Crippen LogP contribution in [-0.4, -0.2) is 29.2 Å². The van der Waals surface area contributed by atoms with E-state index in [4.69, 9.17) is 4.74 Å². The summed E-state index contributed by atoms with van der Waals surface area (Å²) in [5.41, 5.74) is 0.476. The van der Waals surface area contributed by atoms with Gasteiger partial charge in [0.2, 0.25) is 0 Å². The van der Waals surface area contributed by atoms with Gasteiger partial charge in [0, 0.05) is 19.1 Å². The van der Waals surface area contributed by atoms with Crippen molar-refractivity contribution < 1.29 is 9.66 Å². The van der Waals surface area contributed by atoms with Crippen molar-refractivity contribution in [2.24, 2.45) is 5.92 Å². The molecule has 6 heteroatoms. The van der Waals surface area contributed by atoms with E-state index in [0.717, 1.165) is 19.4 Å². The van der Waals surface area contributed by atoms with E-state index in [9.17, 15) is 10.1 Å². The Bertz CT molecular complexity index is 425. The fourth-order valence-corrected chi connectivity index (χ4v) is 2.30. The maximum Gasteiger partial charge on any atom is 0.386 e. The minimum Gasteiger partial charge on any atom is -0.378 e. The van der Waals surface area contributed by atoms with Crippen LogP contribution in [0.15, 0.2) is 18.3 Å². The summed E-state index contributed by atoms with van der Waals surface area (Å²) in [6.07, 6.45) is 3.66. The van der Waals surface area contributed by atoms with Gasteiger partial charge in [0.15, 0.2) is 0 Å². The molecular formula is C12H17N3O3. The van der Waals surface area contributed by atoms with Gasteiger partial charge in [0.25, 0.3) is 0 Å². The summed E-state index contributed by atoms with van der Waals surface area (Å²) < 4.78 is 5.59. The number of nitrogens with one attached hydrogen (secondary N) is 1. The second-order valence-corrected chi connectivity index (χ2v) is 4.38. The van der Waals surface area contributed by atoms with Crippen LogP contribution in [0.3, 0.4) is 0 Å². The highest BCUT2D eigenvalue weighted by Gasteiger charge is 2.27. The van der Waals surface area contributed by atoms with Crippen LogP contribution in [0.2, 0.25) is 0 Å². The minimum absolute atomic E-state index is 0.121. The van der Waals surface area contributed by atoms with Gasteiger partial charge < -0.3 is 20.2 Å². The number of aromatic nitrogens is 1. The quantitative estimate of drug-likeness (QED) is 0.641. The van der Waals surface area contributed by atoms with Crippen molar-refractivity contribution in [1.29, 1.82) is 0 Å². The van der Waals surface area contributed by atoms with E-state index in [-0.39, 0.29) is 11.9 Å². The summed E-state index contributed by atoms with van der Waals surface area (Å²) >= 11 is 0. The fraction of sp³-hybridized carbons (Fsp3) is 0.583. The molecule has 18 heavy (non-hydrogen) atoms. The Morgan fingerprint density at radius 3 is 3.22 bits per heavy atom. The van der Waals surface area contributed by atoms with Crippen molar-refractivity contribution in [2.75, 3.05) is 18.5 Å². The van der Waals surface area contributed by atoms with Gasteiger partial charge in [0.05, 0.1) is 6.10 Å². The van der Waals surface area contributed by atoms with E-state index >= 15 is 0 Å². The number of ether oxygens (including phenoxy) is 1. The molecule has 1 saturated heterocycles. The second kappa shape index (κ2) is 5.77. The van der Waals surface area contributed by atoms with Gasteiger partial charge in [-0.1, -0.05) is 6.92 Å². The Hall–Kier alpha value is -1.69. The van der Waals surface area contributed by atoms with Crippen LogP contribution >= 0.6 is 0 Å². The molecule has 1 aromatic rings. The Kier molecular flexibility index (Phi) is 4.09. The van der Waals surface area contributed by atoms with Crippen LogP contribution < -0.4 is 5.32 Å². The molecule has 0 spiro atoms. The van der Waals surface area contributed by atoms with Gasteiger partial charge >= 0.3 is 5.82 Å². The maximum absolute atomic E-state index is 10.8. The van der Waals surface area contributed by atoms with Gasteiger partial charge in [0.1, 0.15) is 11.9 Å². The highest BCUT2D eigenvalue weighted by atomic mass is 16.6. The van der Waals surface area contributed by atoms with Crippen molar-refractivity contribution in [3.63, 3.8) is 0 Å². The van der Waals surface area contributed by atoms with E-state index in [0.29, 0.717) is 18.2 Å². The number of hydrogen-bond donors (Lipinski definition) is 1. The van der Waals surface area contributed by atoms with Crippen LogP contribution in [0, 0.1) is 16.0 Å². The molecule has 0 aliphatic carbocycles. The zero-order valence-corrected chi connectivity index (χ0v) is 10.3. The van der Waals surface area contributed by atoms with Crippen LogP contribution in [0.4, 0.5) is 11.5 Å². The standard InChI is InChI=1S/C12H17N3O3/c1-2-11-9(5-7-18-11)8-14-10-4-3-6-13-12(10)15(16)17/h3-4,6,9,11,14H,2,5,7-8H2,1H3. The van der Waals surface area contributed by atoms with Gasteiger partial charge in [-0.25, -0.2) is 0 Å². The number of nitro groups is 1. The van der Waals surface area contributed by atoms with Gasteiger partial charge in [-0.05, 0) is 34.9 Å². The van der Waals surface area contributed by atoms with Crippen LogP contribution in [0.1, 0.15) is 19.8 Å². The van der Waals surface area contributed by atoms with E-state index in [1.165, 1.54) is 6.20 Å². The van der Waals surface area contributed by atoms with Crippen molar-refractivity contribution in [1.82, 2.24) is 4.98 Å². The fourth-order valence-electron chi connectivity index (χ4n) is 2.30. The molecule has 0 aromatic carbocycles. The van der Waals surface area contributed by atoms with E-state index in [1.54, 1.807) is 12.1 Å². The SMILES string of the molecule is CCC1OCCC1CNc1cccnc1[N+](=O)[O-]. The lowest BCUT2D eigenvalue weighted by atomic mass is 9.99. The first kappa shape index (κ1) is 12.8. The van der Waals surface area contributed by atoms with Crippen molar-refractivity contribution in [3.8, 4) is 0 Å². The molecule has 1 N–H and O–H groups in total. The zero-order valence-electron chi connectivity index (χ0n) is 10.3. The summed E-state index contributed by atoms with van der Waals surface area (Å²) in [7, 11) is 0. The number of nitrogens with zero attached hydrogens (tertiary/aromatic N) is 2. The van der Waals surface area contributed by atoms with Crippen molar-refractivity contribution in [3.05, 3.63) is 28.4 Å². The molecule has 0 amide bonds. The highest BCUT2D eigenvalue weighted by Crippen LogP contribution is 2.26. The third kappa shape index (κ3) is 2.76. The Balaban J connectivity index is 2.00. The van der Waals surface area contributed by atoms with Crippen LogP contribution in [-0.2, 0) is 4.74 Å². The van der Waals surface area contributed by atoms with Gasteiger partial charge in [-0.3, -0.25) is 0 Å². The predicted octanol–water partition coefficient (Wildman–Crippen LogP) is 2.22. The van der Waals surface area contributed by atoms with Gasteiger partial charge in [-0.15, -0.1) is 0 Å². The number of anilines is 1. The summed E-state index contributed by atoms with van der Waals surface area (Å²) in [4.78, 5) is 14.1. The first-order valence-corrected chi connectivity index (χ1v) is 6.17. The smallest absolute Gasteiger partial charge is 0.378 e. The average molecular weight is 251 g/mol. The summed E-state index contributed by atoms with van der Waals surface area (Å²) in [6, 6.07) is 3.37. The average Bonchev–Trinajstić information content (AvgIpc) is 2.84. The monoisotopic (exact) mass is 251 g/mol. The Morgan fingerprint density at radius 2 is 2.50 bits per heavy atom. The zero-order chi connectivity index (χ0) is 13.0. The second-order valence-electron chi connectivity index (χ2n) is 4.38. The summed E-state index contributed by atoms with van der Waals surface area (Å²) in [5, 5.41) is 13.9. The topological polar surface area (TPSA) is 77.3 Å². The van der Waals surface area contributed by atoms with E-state index in [2.05, 4.69) is 17.2 Å². The first-order valence-electron chi connectivity index (χ1n) is 6.17. The maximum atomic E-state index is 10.8. The summed E-state index contributed by atoms with van der Waals surface area (Å²) in [5.74, 6) is 0.291. The van der Waals surface area contributed by atoms with Crippen LogP contribution in [0.25, 0.3) is 0 Å². The Labute approximate surface area is 106 Å². The van der Waals surface area contributed by atoms with Gasteiger partial charge in [-0.2, -0.15) is 0 Å². The third-order valence-corrected chi connectivity index (χ3v) is 3.26. The van der Waals surface area contributed by atoms with E-state index < -0.39 is 4.92 Å². The molecule has 98 valence electrons. The predicted molar refractivity (Wildman–Crippen MR) is 67.5 cm³/mol. The normalized spacial score (nSPS) is 22.9. The summed E-state index contributed by atoms with van der Waals surface area (Å²) in [6.45, 7) is 3.56. The molecular weight excluding hydrogens is 234 g/mol. The third-order valence-electron chi connectivity index (χ3n) is 3.26. The van der Waals surface area contributed by atoms with E-state index in [1.807, 2.05) is 0 Å². The van der Waals surface area contributed by atoms with Crippen molar-refractivity contribution in [2.45, 2.75) is 25.9 Å².